The molecule has 60 valence electrons. The molecule has 0 rings (SSSR count). The van der Waals surface area contributed by atoms with E-state index in [-0.39, 0.29) is 0 Å². The SMILES string of the molecule is CCC(C)(CC)O[P+](=O)O. The minimum atomic E-state index is -2.45. The summed E-state index contributed by atoms with van der Waals surface area (Å²) in [6.45, 7) is 5.70. The number of rotatable bonds is 4. The monoisotopic (exact) mass is 165 g/mol. The molecule has 0 bridgehead atoms. The number of hydrogen-bond acceptors (Lipinski definition) is 2. The molecule has 0 amide bonds. The Morgan fingerprint density at radius 3 is 2.00 bits per heavy atom. The third kappa shape index (κ3) is 3.25. The quantitative estimate of drug-likeness (QED) is 0.649. The molecular weight excluding hydrogens is 151 g/mol. The summed E-state index contributed by atoms with van der Waals surface area (Å²) in [5, 5.41) is 0. The first-order valence-corrected chi connectivity index (χ1v) is 4.52. The lowest BCUT2D eigenvalue weighted by molar-refractivity contribution is 0.0758. The van der Waals surface area contributed by atoms with Gasteiger partial charge in [-0.05, 0) is 19.8 Å². The molecule has 0 aromatic carbocycles. The van der Waals surface area contributed by atoms with Crippen LogP contribution in [0.4, 0.5) is 0 Å². The van der Waals surface area contributed by atoms with E-state index in [2.05, 4.69) is 0 Å². The molecule has 0 heterocycles. The average molecular weight is 165 g/mol. The van der Waals surface area contributed by atoms with Crippen molar-refractivity contribution in [3.05, 3.63) is 0 Å². The molecule has 0 aromatic heterocycles. The van der Waals surface area contributed by atoms with E-state index in [1.54, 1.807) is 0 Å². The first-order valence-electron chi connectivity index (χ1n) is 3.39. The van der Waals surface area contributed by atoms with Crippen molar-refractivity contribution < 1.29 is 14.0 Å². The van der Waals surface area contributed by atoms with E-state index in [1.807, 2.05) is 20.8 Å². The van der Waals surface area contributed by atoms with Gasteiger partial charge in [-0.3, -0.25) is 0 Å². The molecule has 10 heavy (non-hydrogen) atoms. The Bertz CT molecular complexity index is 120. The lowest BCUT2D eigenvalue weighted by atomic mass is 10.0. The maximum absolute atomic E-state index is 10.3. The molecular formula is C6H14O3P+. The van der Waals surface area contributed by atoms with Crippen LogP contribution in [0.15, 0.2) is 0 Å². The average Bonchev–Trinajstić information content (AvgIpc) is 1.87. The van der Waals surface area contributed by atoms with E-state index in [4.69, 9.17) is 9.42 Å². The summed E-state index contributed by atoms with van der Waals surface area (Å²) in [7, 11) is -2.45. The lowest BCUT2D eigenvalue weighted by Crippen LogP contribution is -2.23. The zero-order valence-electron chi connectivity index (χ0n) is 6.63. The maximum atomic E-state index is 10.3. The van der Waals surface area contributed by atoms with Crippen molar-refractivity contribution in [1.29, 1.82) is 0 Å². The van der Waals surface area contributed by atoms with Crippen LogP contribution in [-0.2, 0) is 9.09 Å². The second kappa shape index (κ2) is 4.02. The van der Waals surface area contributed by atoms with Gasteiger partial charge < -0.3 is 0 Å². The summed E-state index contributed by atoms with van der Waals surface area (Å²) in [4.78, 5) is 8.44. The van der Waals surface area contributed by atoms with Crippen LogP contribution in [0, 0.1) is 0 Å². The molecule has 0 radical (unpaired) electrons. The van der Waals surface area contributed by atoms with Crippen LogP contribution in [0.25, 0.3) is 0 Å². The molecule has 0 saturated heterocycles. The zero-order valence-corrected chi connectivity index (χ0v) is 7.52. The normalized spacial score (nSPS) is 13.4. The molecule has 0 aliphatic rings. The molecule has 0 aliphatic heterocycles. The van der Waals surface area contributed by atoms with Crippen LogP contribution >= 0.6 is 8.25 Å². The van der Waals surface area contributed by atoms with Crippen molar-refractivity contribution in [2.24, 2.45) is 0 Å². The first-order chi connectivity index (χ1) is 4.54. The van der Waals surface area contributed by atoms with Gasteiger partial charge in [0.15, 0.2) is 0 Å². The van der Waals surface area contributed by atoms with Crippen molar-refractivity contribution >= 4 is 8.25 Å². The highest BCUT2D eigenvalue weighted by atomic mass is 31.1. The van der Waals surface area contributed by atoms with Crippen LogP contribution in [0.5, 0.6) is 0 Å². The minimum Gasteiger partial charge on any atom is -0.133 e. The van der Waals surface area contributed by atoms with E-state index < -0.39 is 13.9 Å². The Balaban J connectivity index is 3.92. The van der Waals surface area contributed by atoms with Crippen molar-refractivity contribution in [2.45, 2.75) is 39.2 Å². The molecule has 1 N–H and O–H groups in total. The van der Waals surface area contributed by atoms with Gasteiger partial charge in [-0.15, -0.1) is 9.42 Å². The van der Waals surface area contributed by atoms with Gasteiger partial charge in [0.25, 0.3) is 0 Å². The van der Waals surface area contributed by atoms with Crippen molar-refractivity contribution in [2.75, 3.05) is 0 Å². The van der Waals surface area contributed by atoms with E-state index >= 15 is 0 Å². The summed E-state index contributed by atoms with van der Waals surface area (Å²) in [5.41, 5.74) is -0.428. The second-order valence-corrected chi connectivity index (χ2v) is 3.14. The van der Waals surface area contributed by atoms with Crippen LogP contribution in [-0.4, -0.2) is 10.5 Å². The third-order valence-electron chi connectivity index (χ3n) is 1.79. The van der Waals surface area contributed by atoms with E-state index in [9.17, 15) is 4.57 Å². The van der Waals surface area contributed by atoms with Gasteiger partial charge in [-0.25, -0.2) is 0 Å². The molecule has 0 aromatic rings. The maximum Gasteiger partial charge on any atom is 0.695 e. The molecule has 0 fully saturated rings. The summed E-state index contributed by atoms with van der Waals surface area (Å²) in [6, 6.07) is 0. The predicted octanol–water partition coefficient (Wildman–Crippen LogP) is 2.23. The van der Waals surface area contributed by atoms with Gasteiger partial charge in [0.1, 0.15) is 5.60 Å². The third-order valence-corrected chi connectivity index (χ3v) is 2.39. The zero-order chi connectivity index (χ0) is 8.20. The standard InChI is InChI=1S/C6H13O3P/c1-4-6(3,5-2)9-10(7)8/h4-5H2,1-3H3/p+1. The number of hydrogen-bond donors (Lipinski definition) is 1. The Labute approximate surface area is 62.3 Å². The largest absolute Gasteiger partial charge is 0.695 e. The van der Waals surface area contributed by atoms with Crippen molar-refractivity contribution in [1.82, 2.24) is 0 Å². The van der Waals surface area contributed by atoms with E-state index in [0.29, 0.717) is 0 Å². The van der Waals surface area contributed by atoms with Gasteiger partial charge in [0.05, 0.1) is 0 Å². The Hall–Kier alpha value is 0.0200. The van der Waals surface area contributed by atoms with E-state index in [0.717, 1.165) is 12.8 Å². The smallest absolute Gasteiger partial charge is 0.133 e. The molecule has 4 heteroatoms. The predicted molar refractivity (Wildman–Crippen MR) is 39.9 cm³/mol. The summed E-state index contributed by atoms with van der Waals surface area (Å²) >= 11 is 0. The van der Waals surface area contributed by atoms with Crippen LogP contribution in [0.3, 0.4) is 0 Å². The molecule has 0 spiro atoms. The molecule has 1 unspecified atom stereocenters. The van der Waals surface area contributed by atoms with Gasteiger partial charge in [-0.1, -0.05) is 13.8 Å². The first kappa shape index (κ1) is 10.0. The van der Waals surface area contributed by atoms with Crippen LogP contribution < -0.4 is 0 Å². The minimum absolute atomic E-state index is 0.428. The highest BCUT2D eigenvalue weighted by Gasteiger charge is 2.31. The van der Waals surface area contributed by atoms with Gasteiger partial charge >= 0.3 is 8.25 Å². The van der Waals surface area contributed by atoms with Gasteiger partial charge in [-0.2, -0.15) is 0 Å². The van der Waals surface area contributed by atoms with Crippen molar-refractivity contribution in [3.63, 3.8) is 0 Å². The highest BCUT2D eigenvalue weighted by Crippen LogP contribution is 2.30. The fourth-order valence-electron chi connectivity index (χ4n) is 0.568. The molecule has 1 atom stereocenters. The summed E-state index contributed by atoms with van der Waals surface area (Å²) < 4.78 is 15.1. The van der Waals surface area contributed by atoms with Gasteiger partial charge in [0.2, 0.25) is 0 Å². The summed E-state index contributed by atoms with van der Waals surface area (Å²) in [6.07, 6.45) is 1.51. The Morgan fingerprint density at radius 1 is 1.50 bits per heavy atom. The lowest BCUT2D eigenvalue weighted by Gasteiger charge is -2.17. The fraction of sp³-hybridized carbons (Fsp3) is 1.00. The van der Waals surface area contributed by atoms with Crippen molar-refractivity contribution in [3.8, 4) is 0 Å². The topological polar surface area (TPSA) is 46.5 Å². The fourth-order valence-corrected chi connectivity index (χ4v) is 1.20. The molecule has 0 aliphatic carbocycles. The van der Waals surface area contributed by atoms with E-state index in [1.165, 1.54) is 0 Å². The summed E-state index contributed by atoms with van der Waals surface area (Å²) in [5.74, 6) is 0. The second-order valence-electron chi connectivity index (χ2n) is 2.49. The Kier molecular flexibility index (Phi) is 4.02. The molecule has 0 saturated carbocycles. The molecule has 3 nitrogen and oxygen atoms in total. The Morgan fingerprint density at radius 2 is 1.90 bits per heavy atom. The van der Waals surface area contributed by atoms with Gasteiger partial charge in [0, 0.05) is 4.57 Å². The van der Waals surface area contributed by atoms with Crippen LogP contribution in [0.1, 0.15) is 33.6 Å². The highest BCUT2D eigenvalue weighted by molar-refractivity contribution is 7.32. The van der Waals surface area contributed by atoms with Crippen LogP contribution in [0.2, 0.25) is 0 Å².